The van der Waals surface area contributed by atoms with E-state index in [1.807, 2.05) is 13.0 Å². The molecule has 0 fully saturated rings. The predicted octanol–water partition coefficient (Wildman–Crippen LogP) is 3.06. The maximum absolute atomic E-state index is 13.4. The summed E-state index contributed by atoms with van der Waals surface area (Å²) in [5, 5.41) is 0. The molecule has 0 bridgehead atoms. The maximum atomic E-state index is 13.4. The van der Waals surface area contributed by atoms with Gasteiger partial charge in [-0.15, -0.1) is 0 Å². The highest BCUT2D eigenvalue weighted by molar-refractivity contribution is 9.10. The minimum absolute atomic E-state index is 0.0313. The fourth-order valence-electron chi connectivity index (χ4n) is 1.27. The molecule has 0 aliphatic carbocycles. The first-order valence-electron chi connectivity index (χ1n) is 4.78. The number of halogens is 2. The molecule has 4 nitrogen and oxygen atoms in total. The molecule has 0 atom stereocenters. The molecule has 2 aromatic rings. The Morgan fingerprint density at radius 1 is 1.41 bits per heavy atom. The third kappa shape index (κ3) is 2.71. The Bertz CT molecular complexity index is 562. The second kappa shape index (κ2) is 4.67. The minimum atomic E-state index is -0.651. The highest BCUT2D eigenvalue weighted by Crippen LogP contribution is 2.27. The van der Waals surface area contributed by atoms with E-state index in [1.165, 1.54) is 0 Å². The van der Waals surface area contributed by atoms with Crippen molar-refractivity contribution in [3.63, 3.8) is 0 Å². The van der Waals surface area contributed by atoms with Gasteiger partial charge in [-0.1, -0.05) is 15.9 Å². The number of nitrogens with zero attached hydrogens (tertiary/aromatic N) is 2. The maximum Gasteiger partial charge on any atom is 0.260 e. The van der Waals surface area contributed by atoms with Gasteiger partial charge in [0, 0.05) is 4.47 Å². The predicted molar refractivity (Wildman–Crippen MR) is 65.4 cm³/mol. The van der Waals surface area contributed by atoms with Gasteiger partial charge in [-0.05, 0) is 30.7 Å². The summed E-state index contributed by atoms with van der Waals surface area (Å²) in [6.45, 7) is 1.85. The van der Waals surface area contributed by atoms with Crippen LogP contribution in [0.5, 0.6) is 11.6 Å². The molecular weight excluding hydrogens is 289 g/mol. The van der Waals surface area contributed by atoms with Crippen molar-refractivity contribution in [1.82, 2.24) is 9.97 Å². The molecule has 2 N–H and O–H groups in total. The fraction of sp³-hybridized carbons (Fsp3) is 0.0909. The molecule has 0 radical (unpaired) electrons. The van der Waals surface area contributed by atoms with Gasteiger partial charge in [0.1, 0.15) is 5.75 Å². The summed E-state index contributed by atoms with van der Waals surface area (Å²) in [5.41, 5.74) is 6.22. The van der Waals surface area contributed by atoms with Crippen molar-refractivity contribution in [1.29, 1.82) is 0 Å². The lowest BCUT2D eigenvalue weighted by Crippen LogP contribution is -2.00. The summed E-state index contributed by atoms with van der Waals surface area (Å²) >= 11 is 3.33. The number of benzene rings is 1. The van der Waals surface area contributed by atoms with Crippen LogP contribution in [-0.2, 0) is 0 Å². The second-order valence-electron chi connectivity index (χ2n) is 3.39. The number of hydrogen-bond donors (Lipinski definition) is 1. The van der Waals surface area contributed by atoms with Gasteiger partial charge in [0.25, 0.3) is 5.88 Å². The van der Waals surface area contributed by atoms with E-state index in [1.54, 1.807) is 12.1 Å². The summed E-state index contributed by atoms with van der Waals surface area (Å²) in [6, 6.07) is 5.37. The molecule has 0 aliphatic rings. The third-order valence-electron chi connectivity index (χ3n) is 2.07. The summed E-state index contributed by atoms with van der Waals surface area (Å²) in [7, 11) is 0. The first-order valence-corrected chi connectivity index (χ1v) is 5.57. The molecule has 0 saturated heterocycles. The molecule has 2 rings (SSSR count). The van der Waals surface area contributed by atoms with E-state index in [0.29, 0.717) is 5.75 Å². The third-order valence-corrected chi connectivity index (χ3v) is 2.57. The van der Waals surface area contributed by atoms with E-state index in [0.717, 1.165) is 16.2 Å². The molecule has 0 saturated carbocycles. The molecule has 17 heavy (non-hydrogen) atoms. The quantitative estimate of drug-likeness (QED) is 0.925. The van der Waals surface area contributed by atoms with E-state index >= 15 is 0 Å². The average Bonchev–Trinajstić information content (AvgIpc) is 2.27. The number of aromatic nitrogens is 2. The van der Waals surface area contributed by atoms with Gasteiger partial charge in [-0.2, -0.15) is 9.37 Å². The highest BCUT2D eigenvalue weighted by atomic mass is 79.9. The summed E-state index contributed by atoms with van der Waals surface area (Å²) in [4.78, 5) is 7.21. The molecule has 6 heteroatoms. The zero-order valence-corrected chi connectivity index (χ0v) is 10.5. The summed E-state index contributed by atoms with van der Waals surface area (Å²) in [5.74, 6) is -0.342. The van der Waals surface area contributed by atoms with Crippen LogP contribution >= 0.6 is 15.9 Å². The van der Waals surface area contributed by atoms with Crippen molar-refractivity contribution < 1.29 is 9.13 Å². The normalized spacial score (nSPS) is 10.3. The van der Waals surface area contributed by atoms with Gasteiger partial charge < -0.3 is 10.5 Å². The zero-order chi connectivity index (χ0) is 12.4. The smallest absolute Gasteiger partial charge is 0.260 e. The summed E-state index contributed by atoms with van der Waals surface area (Å²) in [6.07, 6.45) is 0.978. The Morgan fingerprint density at radius 3 is 2.88 bits per heavy atom. The molecule has 0 amide bonds. The van der Waals surface area contributed by atoms with Crippen LogP contribution in [-0.4, -0.2) is 9.97 Å². The molecule has 0 unspecified atom stereocenters. The van der Waals surface area contributed by atoms with E-state index in [9.17, 15) is 4.39 Å². The van der Waals surface area contributed by atoms with Crippen LogP contribution in [0.3, 0.4) is 0 Å². The van der Waals surface area contributed by atoms with Crippen molar-refractivity contribution in [2.24, 2.45) is 0 Å². The highest BCUT2D eigenvalue weighted by Gasteiger charge is 2.09. The van der Waals surface area contributed by atoms with Gasteiger partial charge >= 0.3 is 0 Å². The van der Waals surface area contributed by atoms with Gasteiger partial charge in [0.15, 0.2) is 0 Å². The Kier molecular flexibility index (Phi) is 3.23. The number of aryl methyl sites for hydroxylation is 1. The van der Waals surface area contributed by atoms with E-state index in [-0.39, 0.29) is 11.8 Å². The SMILES string of the molecule is Cc1cc(Br)ccc1Oc1nc(N)ncc1F. The lowest BCUT2D eigenvalue weighted by molar-refractivity contribution is 0.418. The standard InChI is InChI=1S/C11H9BrFN3O/c1-6-4-7(12)2-3-9(6)17-10-8(13)5-15-11(14)16-10/h2-5H,1H3,(H2,14,15,16). The average molecular weight is 298 g/mol. The fourth-order valence-corrected chi connectivity index (χ4v) is 1.74. The van der Waals surface area contributed by atoms with Crippen molar-refractivity contribution in [3.05, 3.63) is 40.2 Å². The number of rotatable bonds is 2. The molecule has 0 aliphatic heterocycles. The number of ether oxygens (including phenoxy) is 1. The van der Waals surface area contributed by atoms with Crippen molar-refractivity contribution in [2.45, 2.75) is 6.92 Å². The molecule has 0 spiro atoms. The molecule has 1 heterocycles. The number of nitrogen functional groups attached to an aromatic ring is 1. The van der Waals surface area contributed by atoms with Crippen molar-refractivity contribution in [2.75, 3.05) is 5.73 Å². The van der Waals surface area contributed by atoms with Crippen LogP contribution < -0.4 is 10.5 Å². The lowest BCUT2D eigenvalue weighted by Gasteiger charge is -2.08. The molecular formula is C11H9BrFN3O. The van der Waals surface area contributed by atoms with Crippen molar-refractivity contribution >= 4 is 21.9 Å². The van der Waals surface area contributed by atoms with Gasteiger partial charge in [-0.3, -0.25) is 0 Å². The lowest BCUT2D eigenvalue weighted by atomic mass is 10.2. The second-order valence-corrected chi connectivity index (χ2v) is 4.31. The Balaban J connectivity index is 2.34. The number of hydrogen-bond acceptors (Lipinski definition) is 4. The summed E-state index contributed by atoms with van der Waals surface area (Å²) < 4.78 is 19.6. The molecule has 1 aromatic carbocycles. The van der Waals surface area contributed by atoms with Crippen LogP contribution in [0.4, 0.5) is 10.3 Å². The van der Waals surface area contributed by atoms with Gasteiger partial charge in [-0.25, -0.2) is 4.98 Å². The van der Waals surface area contributed by atoms with Crippen LogP contribution in [0.25, 0.3) is 0 Å². The Labute approximate surface area is 106 Å². The molecule has 1 aromatic heterocycles. The molecule has 88 valence electrons. The Morgan fingerprint density at radius 2 is 2.18 bits per heavy atom. The van der Waals surface area contributed by atoms with E-state index in [2.05, 4.69) is 25.9 Å². The van der Waals surface area contributed by atoms with E-state index < -0.39 is 5.82 Å². The first kappa shape index (κ1) is 11.8. The van der Waals surface area contributed by atoms with Crippen LogP contribution in [0.1, 0.15) is 5.56 Å². The first-order chi connectivity index (χ1) is 8.06. The topological polar surface area (TPSA) is 61.0 Å². The van der Waals surface area contributed by atoms with Gasteiger partial charge in [0.2, 0.25) is 11.8 Å². The van der Waals surface area contributed by atoms with E-state index in [4.69, 9.17) is 10.5 Å². The number of anilines is 1. The minimum Gasteiger partial charge on any atom is -0.436 e. The van der Waals surface area contributed by atoms with Crippen LogP contribution in [0, 0.1) is 12.7 Å². The zero-order valence-electron chi connectivity index (χ0n) is 8.95. The number of nitrogens with two attached hydrogens (primary N) is 1. The van der Waals surface area contributed by atoms with Gasteiger partial charge in [0.05, 0.1) is 6.20 Å². The van der Waals surface area contributed by atoms with Crippen molar-refractivity contribution in [3.8, 4) is 11.6 Å². The monoisotopic (exact) mass is 297 g/mol. The Hall–Kier alpha value is -1.69. The van der Waals surface area contributed by atoms with Crippen LogP contribution in [0.2, 0.25) is 0 Å². The largest absolute Gasteiger partial charge is 0.436 e. The van der Waals surface area contributed by atoms with Crippen LogP contribution in [0.15, 0.2) is 28.9 Å².